The zero-order chi connectivity index (χ0) is 16.1. The van der Waals surface area contributed by atoms with Crippen LogP contribution in [0.4, 0.5) is 4.39 Å². The second kappa shape index (κ2) is 6.85. The Morgan fingerprint density at radius 2 is 1.86 bits per heavy atom. The Labute approximate surface area is 127 Å². The van der Waals surface area contributed by atoms with Gasteiger partial charge in [0.2, 0.25) is 5.43 Å². The maximum absolute atomic E-state index is 14.0. The fourth-order valence-corrected chi connectivity index (χ4v) is 1.86. The summed E-state index contributed by atoms with van der Waals surface area (Å²) in [6, 6.07) is 10.6. The minimum absolute atomic E-state index is 0.0279. The second-order valence-electron chi connectivity index (χ2n) is 4.71. The quantitative estimate of drug-likeness (QED) is 0.815. The van der Waals surface area contributed by atoms with Crippen LogP contribution in [0.25, 0.3) is 0 Å². The molecule has 0 atom stereocenters. The molecule has 0 N–H and O–H groups in total. The van der Waals surface area contributed by atoms with Gasteiger partial charge in [0.15, 0.2) is 17.3 Å². The summed E-state index contributed by atoms with van der Waals surface area (Å²) in [6.45, 7) is 1.66. The summed E-state index contributed by atoms with van der Waals surface area (Å²) in [4.78, 5) is 23.2. The maximum atomic E-state index is 14.0. The molecule has 0 radical (unpaired) electrons. The standard InChI is InChI=1S/C17H15FO4/c1-11-5-3-4-6-15(17(11)20)22-14-8-7-12(9-13(14)18)10-16(19)21-2/h3-9H,10H2,1-2H3. The minimum atomic E-state index is -0.648. The first-order valence-electron chi connectivity index (χ1n) is 6.64. The largest absolute Gasteiger partial charge is 0.469 e. The van der Waals surface area contributed by atoms with Crippen LogP contribution < -0.4 is 10.2 Å². The van der Waals surface area contributed by atoms with Crippen molar-refractivity contribution in [3.05, 3.63) is 69.6 Å². The van der Waals surface area contributed by atoms with Crippen LogP contribution in [-0.2, 0) is 16.0 Å². The fraction of sp³-hybridized carbons (Fsp3) is 0.176. The van der Waals surface area contributed by atoms with Gasteiger partial charge in [0.1, 0.15) is 0 Å². The van der Waals surface area contributed by atoms with Crippen LogP contribution in [0.2, 0.25) is 0 Å². The van der Waals surface area contributed by atoms with E-state index in [0.29, 0.717) is 11.1 Å². The van der Waals surface area contributed by atoms with Crippen molar-refractivity contribution in [2.45, 2.75) is 13.3 Å². The molecule has 5 heteroatoms. The van der Waals surface area contributed by atoms with Crippen molar-refractivity contribution in [2.75, 3.05) is 7.11 Å². The maximum Gasteiger partial charge on any atom is 0.309 e. The van der Waals surface area contributed by atoms with E-state index in [1.165, 1.54) is 25.3 Å². The van der Waals surface area contributed by atoms with E-state index in [-0.39, 0.29) is 23.3 Å². The molecule has 0 unspecified atom stereocenters. The molecular formula is C17H15FO4. The number of esters is 1. The number of carbonyl (C=O) groups is 1. The summed E-state index contributed by atoms with van der Waals surface area (Å²) >= 11 is 0. The Kier molecular flexibility index (Phi) is 4.88. The van der Waals surface area contributed by atoms with Crippen molar-refractivity contribution in [1.29, 1.82) is 0 Å². The smallest absolute Gasteiger partial charge is 0.309 e. The molecule has 0 amide bonds. The monoisotopic (exact) mass is 302 g/mol. The van der Waals surface area contributed by atoms with E-state index in [4.69, 9.17) is 4.74 Å². The Hall–Kier alpha value is -2.69. The van der Waals surface area contributed by atoms with Crippen LogP contribution in [0.5, 0.6) is 11.5 Å². The molecule has 0 aliphatic carbocycles. The molecule has 2 rings (SSSR count). The average Bonchev–Trinajstić information content (AvgIpc) is 2.65. The predicted molar refractivity (Wildman–Crippen MR) is 79.6 cm³/mol. The van der Waals surface area contributed by atoms with Gasteiger partial charge in [0.25, 0.3) is 0 Å². The normalized spacial score (nSPS) is 10.1. The van der Waals surface area contributed by atoms with Gasteiger partial charge in [-0.3, -0.25) is 9.59 Å². The van der Waals surface area contributed by atoms with Gasteiger partial charge in [-0.2, -0.15) is 0 Å². The van der Waals surface area contributed by atoms with Crippen molar-refractivity contribution >= 4 is 5.97 Å². The summed E-state index contributed by atoms with van der Waals surface area (Å²) in [5, 5.41) is 0. The summed E-state index contributed by atoms with van der Waals surface area (Å²) < 4.78 is 23.9. The average molecular weight is 302 g/mol. The first-order chi connectivity index (χ1) is 10.5. The highest BCUT2D eigenvalue weighted by atomic mass is 19.1. The molecule has 114 valence electrons. The molecule has 2 aromatic carbocycles. The topological polar surface area (TPSA) is 52.6 Å². The van der Waals surface area contributed by atoms with E-state index in [9.17, 15) is 14.0 Å². The van der Waals surface area contributed by atoms with E-state index in [0.717, 1.165) is 0 Å². The minimum Gasteiger partial charge on any atom is -0.469 e. The van der Waals surface area contributed by atoms with Gasteiger partial charge in [-0.25, -0.2) is 4.39 Å². The molecule has 22 heavy (non-hydrogen) atoms. The van der Waals surface area contributed by atoms with E-state index >= 15 is 0 Å². The number of methoxy groups -OCH3 is 1. The van der Waals surface area contributed by atoms with Crippen LogP contribution in [0.1, 0.15) is 11.1 Å². The van der Waals surface area contributed by atoms with Crippen molar-refractivity contribution in [2.24, 2.45) is 0 Å². The zero-order valence-electron chi connectivity index (χ0n) is 12.3. The van der Waals surface area contributed by atoms with Crippen LogP contribution >= 0.6 is 0 Å². The molecule has 0 aromatic heterocycles. The van der Waals surface area contributed by atoms with E-state index in [2.05, 4.69) is 4.74 Å². The molecule has 0 spiro atoms. The Balaban J connectivity index is 2.28. The third-order valence-corrected chi connectivity index (χ3v) is 3.08. The highest BCUT2D eigenvalue weighted by molar-refractivity contribution is 5.72. The van der Waals surface area contributed by atoms with Crippen molar-refractivity contribution in [1.82, 2.24) is 0 Å². The molecule has 0 saturated heterocycles. The summed E-state index contributed by atoms with van der Waals surface area (Å²) in [5.74, 6) is -1.14. The molecule has 2 aromatic rings. The first-order valence-corrected chi connectivity index (χ1v) is 6.64. The third kappa shape index (κ3) is 3.69. The number of rotatable bonds is 4. The molecule has 0 saturated carbocycles. The Morgan fingerprint density at radius 1 is 1.14 bits per heavy atom. The number of halogens is 1. The van der Waals surface area contributed by atoms with Gasteiger partial charge < -0.3 is 9.47 Å². The fourth-order valence-electron chi connectivity index (χ4n) is 1.86. The number of carbonyl (C=O) groups excluding carboxylic acids is 1. The van der Waals surface area contributed by atoms with Gasteiger partial charge in [-0.15, -0.1) is 0 Å². The van der Waals surface area contributed by atoms with Crippen LogP contribution in [0, 0.1) is 12.7 Å². The van der Waals surface area contributed by atoms with Gasteiger partial charge in [-0.05, 0) is 30.7 Å². The summed E-state index contributed by atoms with van der Waals surface area (Å²) in [7, 11) is 1.27. The molecule has 0 aliphatic heterocycles. The Morgan fingerprint density at radius 3 is 2.55 bits per heavy atom. The van der Waals surface area contributed by atoms with E-state index < -0.39 is 11.8 Å². The predicted octanol–water partition coefficient (Wildman–Crippen LogP) is 3.00. The second-order valence-corrected chi connectivity index (χ2v) is 4.71. The van der Waals surface area contributed by atoms with E-state index in [1.807, 2.05) is 0 Å². The lowest BCUT2D eigenvalue weighted by molar-refractivity contribution is -0.139. The summed E-state index contributed by atoms with van der Waals surface area (Å²) in [5.41, 5.74) is 0.666. The molecule has 0 fully saturated rings. The van der Waals surface area contributed by atoms with Crippen LogP contribution in [0.15, 0.2) is 47.3 Å². The van der Waals surface area contributed by atoms with Crippen molar-refractivity contribution < 1.29 is 18.7 Å². The molecule has 4 nitrogen and oxygen atoms in total. The molecular weight excluding hydrogens is 287 g/mol. The lowest BCUT2D eigenvalue weighted by Gasteiger charge is -2.07. The number of hydrogen-bond donors (Lipinski definition) is 0. The van der Waals surface area contributed by atoms with Crippen molar-refractivity contribution in [3.63, 3.8) is 0 Å². The number of hydrogen-bond acceptors (Lipinski definition) is 4. The Bertz CT molecular complexity index is 756. The van der Waals surface area contributed by atoms with Gasteiger partial charge in [-0.1, -0.05) is 24.3 Å². The van der Waals surface area contributed by atoms with Crippen LogP contribution in [-0.4, -0.2) is 13.1 Å². The number of benzene rings is 1. The highest BCUT2D eigenvalue weighted by Gasteiger charge is 2.10. The lowest BCUT2D eigenvalue weighted by Crippen LogP contribution is -2.06. The van der Waals surface area contributed by atoms with Gasteiger partial charge in [0, 0.05) is 5.56 Å². The molecule has 0 aliphatic rings. The van der Waals surface area contributed by atoms with Crippen molar-refractivity contribution in [3.8, 4) is 11.5 Å². The van der Waals surface area contributed by atoms with Gasteiger partial charge >= 0.3 is 5.97 Å². The third-order valence-electron chi connectivity index (χ3n) is 3.08. The van der Waals surface area contributed by atoms with Crippen LogP contribution in [0.3, 0.4) is 0 Å². The summed E-state index contributed by atoms with van der Waals surface area (Å²) in [6.07, 6.45) is -0.0279. The SMILES string of the molecule is COC(=O)Cc1ccc(Oc2ccccc(C)c2=O)c(F)c1. The molecule has 0 heterocycles. The van der Waals surface area contributed by atoms with E-state index in [1.54, 1.807) is 31.2 Å². The molecule has 0 bridgehead atoms. The number of ether oxygens (including phenoxy) is 2. The highest BCUT2D eigenvalue weighted by Crippen LogP contribution is 2.23. The first kappa shape index (κ1) is 15.7. The van der Waals surface area contributed by atoms with Gasteiger partial charge in [0.05, 0.1) is 13.5 Å². The lowest BCUT2D eigenvalue weighted by atomic mass is 10.1. The number of aryl methyl sites for hydroxylation is 1. The zero-order valence-corrected chi connectivity index (χ0v) is 12.3.